The predicted molar refractivity (Wildman–Crippen MR) is 55.0 cm³/mol. The summed E-state index contributed by atoms with van der Waals surface area (Å²) in [5.41, 5.74) is 6.61. The average molecular weight is 202 g/mol. The van der Waals surface area contributed by atoms with Crippen molar-refractivity contribution in [1.82, 2.24) is 9.55 Å². The molecule has 13 heavy (non-hydrogen) atoms. The molecule has 0 radical (unpaired) electrons. The SMILES string of the molecule is CCn1cnc(Cl)c1C(C)(C)CN. The Morgan fingerprint density at radius 3 is 2.69 bits per heavy atom. The molecule has 2 N–H and O–H groups in total. The average Bonchev–Trinajstić information content (AvgIpc) is 2.47. The van der Waals surface area contributed by atoms with Gasteiger partial charge in [0.05, 0.1) is 12.0 Å². The van der Waals surface area contributed by atoms with E-state index in [9.17, 15) is 0 Å². The van der Waals surface area contributed by atoms with Gasteiger partial charge in [0.1, 0.15) is 0 Å². The van der Waals surface area contributed by atoms with Crippen LogP contribution in [-0.4, -0.2) is 16.1 Å². The zero-order chi connectivity index (χ0) is 10.1. The molecule has 1 aromatic heterocycles. The summed E-state index contributed by atoms with van der Waals surface area (Å²) in [5.74, 6) is 0. The lowest BCUT2D eigenvalue weighted by Crippen LogP contribution is -2.31. The van der Waals surface area contributed by atoms with Gasteiger partial charge >= 0.3 is 0 Å². The van der Waals surface area contributed by atoms with Crippen LogP contribution in [0.2, 0.25) is 5.15 Å². The van der Waals surface area contributed by atoms with E-state index in [1.165, 1.54) is 0 Å². The third-order valence-electron chi connectivity index (χ3n) is 2.29. The quantitative estimate of drug-likeness (QED) is 0.811. The first-order chi connectivity index (χ1) is 6.03. The second-order valence-electron chi connectivity index (χ2n) is 3.76. The van der Waals surface area contributed by atoms with Gasteiger partial charge in [-0.05, 0) is 6.92 Å². The van der Waals surface area contributed by atoms with Gasteiger partial charge in [-0.15, -0.1) is 0 Å². The first-order valence-corrected chi connectivity index (χ1v) is 4.82. The Bertz CT molecular complexity index is 291. The highest BCUT2D eigenvalue weighted by atomic mass is 35.5. The van der Waals surface area contributed by atoms with E-state index in [0.29, 0.717) is 11.7 Å². The Morgan fingerprint density at radius 1 is 1.62 bits per heavy atom. The minimum Gasteiger partial charge on any atom is -0.333 e. The largest absolute Gasteiger partial charge is 0.333 e. The summed E-state index contributed by atoms with van der Waals surface area (Å²) in [5, 5.41) is 0.567. The highest BCUT2D eigenvalue weighted by Gasteiger charge is 2.25. The van der Waals surface area contributed by atoms with Gasteiger partial charge in [-0.3, -0.25) is 0 Å². The van der Waals surface area contributed by atoms with Crippen LogP contribution < -0.4 is 5.73 Å². The van der Waals surface area contributed by atoms with Crippen LogP contribution in [0.3, 0.4) is 0 Å². The number of aryl methyl sites for hydroxylation is 1. The molecule has 0 unspecified atom stereocenters. The molecule has 3 nitrogen and oxygen atoms in total. The van der Waals surface area contributed by atoms with Gasteiger partial charge in [0.2, 0.25) is 0 Å². The highest BCUT2D eigenvalue weighted by molar-refractivity contribution is 6.30. The molecule has 4 heteroatoms. The van der Waals surface area contributed by atoms with Gasteiger partial charge in [0, 0.05) is 18.5 Å². The molecule has 0 aliphatic carbocycles. The van der Waals surface area contributed by atoms with Crippen LogP contribution in [0.5, 0.6) is 0 Å². The molecule has 1 heterocycles. The van der Waals surface area contributed by atoms with Crippen LogP contribution in [0.1, 0.15) is 26.5 Å². The van der Waals surface area contributed by atoms with E-state index in [-0.39, 0.29) is 5.41 Å². The van der Waals surface area contributed by atoms with Crippen molar-refractivity contribution in [1.29, 1.82) is 0 Å². The summed E-state index contributed by atoms with van der Waals surface area (Å²) in [4.78, 5) is 4.07. The van der Waals surface area contributed by atoms with Gasteiger partial charge in [-0.2, -0.15) is 0 Å². The van der Waals surface area contributed by atoms with E-state index >= 15 is 0 Å². The van der Waals surface area contributed by atoms with Crippen molar-refractivity contribution in [3.8, 4) is 0 Å². The minimum absolute atomic E-state index is 0.108. The molecule has 0 fully saturated rings. The number of rotatable bonds is 3. The molecular weight excluding hydrogens is 186 g/mol. The fraction of sp³-hybridized carbons (Fsp3) is 0.667. The second-order valence-corrected chi connectivity index (χ2v) is 4.12. The van der Waals surface area contributed by atoms with Crippen LogP contribution in [0.25, 0.3) is 0 Å². The zero-order valence-electron chi connectivity index (χ0n) is 8.34. The maximum absolute atomic E-state index is 6.00. The Morgan fingerprint density at radius 2 is 2.23 bits per heavy atom. The van der Waals surface area contributed by atoms with Crippen molar-refractivity contribution in [2.24, 2.45) is 5.73 Å². The smallest absolute Gasteiger partial charge is 0.150 e. The summed E-state index contributed by atoms with van der Waals surface area (Å²) >= 11 is 6.00. The molecule has 0 spiro atoms. The van der Waals surface area contributed by atoms with E-state index in [4.69, 9.17) is 17.3 Å². The topological polar surface area (TPSA) is 43.8 Å². The second kappa shape index (κ2) is 3.68. The predicted octanol–water partition coefficient (Wildman–Crippen LogP) is 1.79. The number of imidazole rings is 1. The number of nitrogens with two attached hydrogens (primary N) is 1. The van der Waals surface area contributed by atoms with Crippen LogP contribution in [0.4, 0.5) is 0 Å². The Kier molecular flexibility index (Phi) is 2.98. The summed E-state index contributed by atoms with van der Waals surface area (Å²) in [6, 6.07) is 0. The molecule has 0 aliphatic rings. The lowest BCUT2D eigenvalue weighted by Gasteiger charge is -2.24. The monoisotopic (exact) mass is 201 g/mol. The van der Waals surface area contributed by atoms with Crippen molar-refractivity contribution in [2.45, 2.75) is 32.7 Å². The van der Waals surface area contributed by atoms with Gasteiger partial charge in [0.15, 0.2) is 5.15 Å². The maximum atomic E-state index is 6.00. The molecular formula is C9H16ClN3. The van der Waals surface area contributed by atoms with E-state index in [1.807, 2.05) is 4.57 Å². The first kappa shape index (κ1) is 10.5. The summed E-state index contributed by atoms with van der Waals surface area (Å²) in [6.07, 6.45) is 1.76. The third-order valence-corrected chi connectivity index (χ3v) is 2.56. The van der Waals surface area contributed by atoms with Crippen molar-refractivity contribution < 1.29 is 0 Å². The third kappa shape index (κ3) is 1.86. The summed E-state index contributed by atoms with van der Waals surface area (Å²) in [7, 11) is 0. The fourth-order valence-corrected chi connectivity index (χ4v) is 1.77. The van der Waals surface area contributed by atoms with Crippen LogP contribution in [-0.2, 0) is 12.0 Å². The van der Waals surface area contributed by atoms with Crippen LogP contribution in [0, 0.1) is 0 Å². The van der Waals surface area contributed by atoms with Crippen molar-refractivity contribution in [3.05, 3.63) is 17.2 Å². The van der Waals surface area contributed by atoms with Crippen LogP contribution >= 0.6 is 11.6 Å². The summed E-state index contributed by atoms with van der Waals surface area (Å²) < 4.78 is 2.04. The van der Waals surface area contributed by atoms with E-state index in [2.05, 4.69) is 25.8 Å². The number of aromatic nitrogens is 2. The lowest BCUT2D eigenvalue weighted by atomic mass is 9.90. The van der Waals surface area contributed by atoms with Crippen molar-refractivity contribution >= 4 is 11.6 Å². The van der Waals surface area contributed by atoms with Gasteiger partial charge in [-0.25, -0.2) is 4.98 Å². The van der Waals surface area contributed by atoms with Crippen LogP contribution in [0.15, 0.2) is 6.33 Å². The Labute approximate surface area is 83.9 Å². The molecule has 0 bridgehead atoms. The van der Waals surface area contributed by atoms with Gasteiger partial charge < -0.3 is 10.3 Å². The Balaban J connectivity index is 3.18. The summed E-state index contributed by atoms with van der Waals surface area (Å²) in [6.45, 7) is 7.65. The molecule has 1 rings (SSSR count). The normalized spacial score (nSPS) is 12.1. The van der Waals surface area contributed by atoms with Crippen molar-refractivity contribution in [2.75, 3.05) is 6.54 Å². The zero-order valence-corrected chi connectivity index (χ0v) is 9.10. The van der Waals surface area contributed by atoms with Gasteiger partial charge in [0.25, 0.3) is 0 Å². The fourth-order valence-electron chi connectivity index (χ4n) is 1.36. The molecule has 0 atom stereocenters. The number of hydrogen-bond donors (Lipinski definition) is 1. The number of halogens is 1. The molecule has 0 aromatic carbocycles. The maximum Gasteiger partial charge on any atom is 0.150 e. The lowest BCUT2D eigenvalue weighted by molar-refractivity contribution is 0.490. The van der Waals surface area contributed by atoms with E-state index < -0.39 is 0 Å². The van der Waals surface area contributed by atoms with E-state index in [1.54, 1.807) is 6.33 Å². The molecule has 0 saturated carbocycles. The van der Waals surface area contributed by atoms with E-state index in [0.717, 1.165) is 12.2 Å². The molecule has 1 aromatic rings. The van der Waals surface area contributed by atoms with Crippen molar-refractivity contribution in [3.63, 3.8) is 0 Å². The highest BCUT2D eigenvalue weighted by Crippen LogP contribution is 2.27. The Hall–Kier alpha value is -0.540. The molecule has 0 saturated heterocycles. The number of nitrogens with zero attached hydrogens (tertiary/aromatic N) is 2. The molecule has 74 valence electrons. The number of hydrogen-bond acceptors (Lipinski definition) is 2. The standard InChI is InChI=1S/C9H16ClN3/c1-4-13-6-12-8(10)7(13)9(2,3)5-11/h6H,4-5,11H2,1-3H3. The molecule has 0 amide bonds. The minimum atomic E-state index is -0.108. The first-order valence-electron chi connectivity index (χ1n) is 4.44. The molecule has 0 aliphatic heterocycles. The van der Waals surface area contributed by atoms with Gasteiger partial charge in [-0.1, -0.05) is 25.4 Å².